The van der Waals surface area contributed by atoms with Crippen LogP contribution in [0.25, 0.3) is 76.5 Å². The van der Waals surface area contributed by atoms with Gasteiger partial charge in [-0.25, -0.2) is 0 Å². The molecule has 63 heavy (non-hydrogen) atoms. The van der Waals surface area contributed by atoms with E-state index in [9.17, 15) is 0 Å². The Hall–Kier alpha value is -8.40. The maximum absolute atomic E-state index is 7.23. The summed E-state index contributed by atoms with van der Waals surface area (Å²) >= 11 is 0. The lowest BCUT2D eigenvalue weighted by Gasteiger charge is -2.28. The van der Waals surface area contributed by atoms with Gasteiger partial charge in [-0.3, -0.25) is 0 Å². The van der Waals surface area contributed by atoms with Crippen LogP contribution in [-0.2, 0) is 0 Å². The molecule has 3 heteroatoms. The van der Waals surface area contributed by atoms with Crippen LogP contribution in [-0.4, -0.2) is 0 Å². The fraction of sp³-hybridized carbons (Fsp3) is 0. The van der Waals surface area contributed by atoms with Gasteiger partial charge >= 0.3 is 0 Å². The smallest absolute Gasteiger partial charge is 0.143 e. The third-order valence-electron chi connectivity index (χ3n) is 12.4. The Morgan fingerprint density at radius 1 is 0.286 bits per heavy atom. The Kier molecular flexibility index (Phi) is 8.83. The summed E-state index contributed by atoms with van der Waals surface area (Å²) in [5.74, 6) is 0.863. The number of rotatable bonds is 8. The van der Waals surface area contributed by atoms with Gasteiger partial charge in [0.05, 0.1) is 11.4 Å². The average molecular weight is 805 g/mol. The van der Waals surface area contributed by atoms with E-state index < -0.39 is 0 Å². The zero-order valence-electron chi connectivity index (χ0n) is 34.4. The van der Waals surface area contributed by atoms with Crippen molar-refractivity contribution in [2.24, 2.45) is 0 Å². The Balaban J connectivity index is 1.20. The van der Waals surface area contributed by atoms with Gasteiger partial charge in [0, 0.05) is 55.4 Å². The van der Waals surface area contributed by atoms with Crippen molar-refractivity contribution >= 4 is 88.2 Å². The molecule has 1 aromatic heterocycles. The second-order valence-corrected chi connectivity index (χ2v) is 16.0. The third-order valence-corrected chi connectivity index (χ3v) is 12.4. The van der Waals surface area contributed by atoms with Gasteiger partial charge in [0.2, 0.25) is 0 Å². The summed E-state index contributed by atoms with van der Waals surface area (Å²) in [6.07, 6.45) is 0. The van der Waals surface area contributed by atoms with Crippen LogP contribution in [0, 0.1) is 0 Å². The number of anilines is 6. The normalized spacial score (nSPS) is 11.5. The molecular formula is C60H40N2O. The van der Waals surface area contributed by atoms with Crippen LogP contribution in [0.4, 0.5) is 34.1 Å². The number of nitrogens with zero attached hydrogens (tertiary/aromatic N) is 2. The molecule has 11 aromatic carbocycles. The highest BCUT2D eigenvalue weighted by Crippen LogP contribution is 2.50. The lowest BCUT2D eigenvalue weighted by atomic mass is 9.91. The highest BCUT2D eigenvalue weighted by molar-refractivity contribution is 6.29. The molecule has 0 amide bonds. The van der Waals surface area contributed by atoms with Gasteiger partial charge in [-0.05, 0) is 99.2 Å². The van der Waals surface area contributed by atoms with Crippen LogP contribution in [0.3, 0.4) is 0 Å². The molecule has 3 nitrogen and oxygen atoms in total. The molecule has 0 bridgehead atoms. The number of furan rings is 1. The Morgan fingerprint density at radius 2 is 0.714 bits per heavy atom. The largest absolute Gasteiger partial charge is 0.455 e. The molecule has 0 atom stereocenters. The molecule has 0 saturated carbocycles. The van der Waals surface area contributed by atoms with E-state index in [2.05, 4.69) is 252 Å². The van der Waals surface area contributed by atoms with E-state index in [0.29, 0.717) is 0 Å². The van der Waals surface area contributed by atoms with Crippen LogP contribution in [0.15, 0.2) is 247 Å². The highest BCUT2D eigenvalue weighted by atomic mass is 16.3. The molecule has 0 aliphatic carbocycles. The summed E-state index contributed by atoms with van der Waals surface area (Å²) in [6, 6.07) is 87.0. The molecule has 0 radical (unpaired) electrons. The van der Waals surface area contributed by atoms with Crippen molar-refractivity contribution in [1.82, 2.24) is 0 Å². The average Bonchev–Trinajstić information content (AvgIpc) is 3.77. The lowest BCUT2D eigenvalue weighted by Crippen LogP contribution is -2.11. The molecule has 296 valence electrons. The van der Waals surface area contributed by atoms with E-state index in [0.717, 1.165) is 89.1 Å². The molecule has 0 saturated heterocycles. The number of benzene rings is 11. The van der Waals surface area contributed by atoms with Crippen LogP contribution >= 0.6 is 0 Å². The molecule has 0 fully saturated rings. The highest BCUT2D eigenvalue weighted by Gasteiger charge is 2.25. The summed E-state index contributed by atoms with van der Waals surface area (Å²) in [5.41, 5.74) is 10.7. The van der Waals surface area contributed by atoms with Crippen molar-refractivity contribution in [2.45, 2.75) is 0 Å². The second-order valence-electron chi connectivity index (χ2n) is 16.0. The molecule has 0 aliphatic rings. The molecular weight excluding hydrogens is 765 g/mol. The standard InChI is InChI=1S/C60H40N2O/c1-5-21-43(22-6-1)57-58-51-37-35-47(61(45-27-9-3-10-28-45)55-33-17-25-41-19-13-15-31-49(41)55)39-53(51)54-40-48(36-38-52(54)60(58)63-59(57)44-23-7-2-8-24-44)62(46-29-11-4-12-30-46)56-34-18-26-42-20-14-16-32-50(42)56/h1-40H. The first-order chi connectivity index (χ1) is 31.3. The van der Waals surface area contributed by atoms with Crippen molar-refractivity contribution in [1.29, 1.82) is 0 Å². The van der Waals surface area contributed by atoms with Crippen LogP contribution in [0.1, 0.15) is 0 Å². The van der Waals surface area contributed by atoms with Crippen LogP contribution < -0.4 is 9.80 Å². The third kappa shape index (κ3) is 6.21. The number of para-hydroxylation sites is 2. The molecule has 12 rings (SSSR count). The van der Waals surface area contributed by atoms with Crippen molar-refractivity contribution in [2.75, 3.05) is 9.80 Å². The molecule has 0 spiro atoms. The minimum atomic E-state index is 0.863. The quantitative estimate of drug-likeness (QED) is 0.143. The zero-order valence-corrected chi connectivity index (χ0v) is 34.4. The SMILES string of the molecule is c1ccc(-c2oc3c4ccc(N(c5ccccc5)c5cccc6ccccc56)cc4c4cc(N(c5ccccc5)c5cccc6ccccc56)ccc4c3c2-c2ccccc2)cc1. The Bertz CT molecular complexity index is 3610. The number of fused-ring (bicyclic) bond motifs is 8. The first-order valence-corrected chi connectivity index (χ1v) is 21.5. The summed E-state index contributed by atoms with van der Waals surface area (Å²) < 4.78 is 7.23. The number of hydrogen-bond donors (Lipinski definition) is 0. The van der Waals surface area contributed by atoms with Gasteiger partial charge in [-0.1, -0.05) is 176 Å². The number of hydrogen-bond acceptors (Lipinski definition) is 3. The maximum atomic E-state index is 7.23. The van der Waals surface area contributed by atoms with E-state index in [1.807, 2.05) is 0 Å². The molecule has 12 aromatic rings. The van der Waals surface area contributed by atoms with Gasteiger partial charge < -0.3 is 14.2 Å². The van der Waals surface area contributed by atoms with Gasteiger partial charge in [0.15, 0.2) is 0 Å². The van der Waals surface area contributed by atoms with Crippen molar-refractivity contribution < 1.29 is 4.42 Å². The fourth-order valence-electron chi connectivity index (χ4n) is 9.57. The summed E-state index contributed by atoms with van der Waals surface area (Å²) in [7, 11) is 0. The predicted molar refractivity (Wildman–Crippen MR) is 266 cm³/mol. The summed E-state index contributed by atoms with van der Waals surface area (Å²) in [4.78, 5) is 4.79. The van der Waals surface area contributed by atoms with E-state index in [1.54, 1.807) is 0 Å². The molecule has 0 unspecified atom stereocenters. The Labute approximate surface area is 365 Å². The van der Waals surface area contributed by atoms with Crippen molar-refractivity contribution in [3.8, 4) is 22.5 Å². The lowest BCUT2D eigenvalue weighted by molar-refractivity contribution is 0.636. The molecule has 0 N–H and O–H groups in total. The topological polar surface area (TPSA) is 19.6 Å². The van der Waals surface area contributed by atoms with Gasteiger partial charge in [0.25, 0.3) is 0 Å². The first-order valence-electron chi connectivity index (χ1n) is 21.5. The van der Waals surface area contributed by atoms with E-state index in [4.69, 9.17) is 4.42 Å². The van der Waals surface area contributed by atoms with Gasteiger partial charge in [-0.15, -0.1) is 0 Å². The minimum Gasteiger partial charge on any atom is -0.455 e. The predicted octanol–water partition coefficient (Wildman–Crippen LogP) is 17.3. The monoisotopic (exact) mass is 804 g/mol. The fourth-order valence-corrected chi connectivity index (χ4v) is 9.57. The van der Waals surface area contributed by atoms with E-state index in [1.165, 1.54) is 21.5 Å². The zero-order chi connectivity index (χ0) is 41.7. The first kappa shape index (κ1) is 36.5. The van der Waals surface area contributed by atoms with E-state index in [-0.39, 0.29) is 0 Å². The maximum Gasteiger partial charge on any atom is 0.143 e. The van der Waals surface area contributed by atoms with Crippen molar-refractivity contribution in [3.63, 3.8) is 0 Å². The van der Waals surface area contributed by atoms with Crippen LogP contribution in [0.5, 0.6) is 0 Å². The minimum absolute atomic E-state index is 0.863. The van der Waals surface area contributed by atoms with Crippen molar-refractivity contribution in [3.05, 3.63) is 243 Å². The van der Waals surface area contributed by atoms with Gasteiger partial charge in [-0.2, -0.15) is 0 Å². The van der Waals surface area contributed by atoms with Gasteiger partial charge in [0.1, 0.15) is 11.3 Å². The molecule has 1 heterocycles. The van der Waals surface area contributed by atoms with Crippen LogP contribution in [0.2, 0.25) is 0 Å². The summed E-state index contributed by atoms with van der Waals surface area (Å²) in [5, 5.41) is 10.3. The van der Waals surface area contributed by atoms with E-state index >= 15 is 0 Å². The second kappa shape index (κ2) is 15.3. The summed E-state index contributed by atoms with van der Waals surface area (Å²) in [6.45, 7) is 0. The Morgan fingerprint density at radius 3 is 1.25 bits per heavy atom. The molecule has 0 aliphatic heterocycles.